The lowest BCUT2D eigenvalue weighted by Crippen LogP contribution is -2.54. The summed E-state index contributed by atoms with van der Waals surface area (Å²) in [7, 11) is 0. The van der Waals surface area contributed by atoms with Gasteiger partial charge in [-0.15, -0.1) is 0 Å². The molecule has 38 heavy (non-hydrogen) atoms. The summed E-state index contributed by atoms with van der Waals surface area (Å²) in [5, 5.41) is 10.0. The largest absolute Gasteiger partial charge is 0.481 e. The number of alkyl halides is 6. The summed E-state index contributed by atoms with van der Waals surface area (Å²) in [6.07, 6.45) is -11.9. The molecule has 1 aromatic carbocycles. The van der Waals surface area contributed by atoms with Crippen LogP contribution in [0.2, 0.25) is 0 Å². The minimum atomic E-state index is -5.75. The number of halogens is 6. The first-order chi connectivity index (χ1) is 17.7. The van der Waals surface area contributed by atoms with Crippen LogP contribution in [0.3, 0.4) is 0 Å². The Balaban J connectivity index is 1.45. The second-order valence-corrected chi connectivity index (χ2v) is 10.9. The number of carbonyl (C=O) groups excluding carboxylic acids is 1. The summed E-state index contributed by atoms with van der Waals surface area (Å²) in [5.41, 5.74) is 1.49. The van der Waals surface area contributed by atoms with Crippen molar-refractivity contribution in [1.29, 1.82) is 0 Å². The maximum atomic E-state index is 12.8. The van der Waals surface area contributed by atoms with Crippen molar-refractivity contribution in [2.24, 2.45) is 0 Å². The number of benzene rings is 1. The first kappa shape index (κ1) is 28.5. The molecule has 2 saturated heterocycles. The van der Waals surface area contributed by atoms with Crippen LogP contribution in [-0.4, -0.2) is 70.6 Å². The standard InChI is InChI=1S/C26H32F6N2O4/c1-17-13-18(15-19(14-17)24(21(35)36)6-2-3-7-24)16-34-10-4-5-23(34)8-11-33(12-9-23)22(37)38-20(25(27,28)29)26(30,31)32/h13-15,20H,2-12,16H2,1H3,(H,35,36). The number of amides is 1. The number of rotatable bonds is 5. The number of nitrogens with zero attached hydrogens (tertiary/aromatic N) is 2. The molecule has 1 spiro atoms. The number of aryl methyl sites for hydroxylation is 1. The van der Waals surface area contributed by atoms with Crippen molar-refractivity contribution in [2.75, 3.05) is 19.6 Å². The van der Waals surface area contributed by atoms with E-state index in [1.165, 1.54) is 0 Å². The molecule has 1 N–H and O–H groups in total. The number of piperidine rings is 1. The van der Waals surface area contributed by atoms with E-state index in [4.69, 9.17) is 0 Å². The minimum absolute atomic E-state index is 0.0149. The van der Waals surface area contributed by atoms with Gasteiger partial charge in [-0.25, -0.2) is 4.79 Å². The third-order valence-electron chi connectivity index (χ3n) is 8.44. The number of likely N-dealkylation sites (tertiary alicyclic amines) is 2. The van der Waals surface area contributed by atoms with Crippen LogP contribution in [0.25, 0.3) is 0 Å². The molecule has 3 aliphatic rings. The van der Waals surface area contributed by atoms with Gasteiger partial charge >= 0.3 is 24.4 Å². The third kappa shape index (κ3) is 5.60. The molecule has 0 atom stereocenters. The van der Waals surface area contributed by atoms with E-state index in [1.807, 2.05) is 25.1 Å². The van der Waals surface area contributed by atoms with Crippen LogP contribution in [0, 0.1) is 6.92 Å². The van der Waals surface area contributed by atoms with Gasteiger partial charge in [-0.1, -0.05) is 36.6 Å². The van der Waals surface area contributed by atoms with Gasteiger partial charge in [0.1, 0.15) is 0 Å². The molecule has 3 fully saturated rings. The number of hydrogen-bond donors (Lipinski definition) is 1. The Kier molecular flexibility index (Phi) is 7.68. The van der Waals surface area contributed by atoms with Crippen LogP contribution in [0.1, 0.15) is 68.1 Å². The lowest BCUT2D eigenvalue weighted by Gasteiger charge is -2.45. The summed E-state index contributed by atoms with van der Waals surface area (Å²) in [6, 6.07) is 5.91. The predicted octanol–water partition coefficient (Wildman–Crippen LogP) is 5.95. The number of hydrogen-bond acceptors (Lipinski definition) is 4. The highest BCUT2D eigenvalue weighted by Gasteiger charge is 2.60. The molecule has 2 aliphatic heterocycles. The molecule has 1 aromatic rings. The van der Waals surface area contributed by atoms with Crippen molar-refractivity contribution >= 4 is 12.1 Å². The first-order valence-electron chi connectivity index (χ1n) is 12.8. The summed E-state index contributed by atoms with van der Waals surface area (Å²) in [6.45, 7) is 3.19. The quantitative estimate of drug-likeness (QED) is 0.459. The van der Waals surface area contributed by atoms with Gasteiger partial charge in [0.15, 0.2) is 0 Å². The van der Waals surface area contributed by atoms with Crippen molar-refractivity contribution < 1.29 is 45.8 Å². The average Bonchev–Trinajstić information content (AvgIpc) is 3.45. The van der Waals surface area contributed by atoms with E-state index < -0.39 is 35.9 Å². The molecule has 1 amide bonds. The highest BCUT2D eigenvalue weighted by Crippen LogP contribution is 2.44. The van der Waals surface area contributed by atoms with E-state index in [1.54, 1.807) is 0 Å². The first-order valence-corrected chi connectivity index (χ1v) is 12.8. The SMILES string of the molecule is Cc1cc(CN2CCCC23CCN(C(=O)OC(C(F)(F)F)C(F)(F)F)CC3)cc(C2(C(=O)O)CCCC2)c1. The zero-order valence-electron chi connectivity index (χ0n) is 21.1. The summed E-state index contributed by atoms with van der Waals surface area (Å²) in [5.74, 6) is -0.818. The smallest absolute Gasteiger partial charge is 0.434 e. The average molecular weight is 551 g/mol. The number of carbonyl (C=O) groups is 2. The Morgan fingerprint density at radius 2 is 1.53 bits per heavy atom. The molecule has 4 rings (SSSR count). The molecule has 0 unspecified atom stereocenters. The number of carboxylic acids is 1. The van der Waals surface area contributed by atoms with E-state index in [0.29, 0.717) is 32.2 Å². The van der Waals surface area contributed by atoms with E-state index >= 15 is 0 Å². The normalized spacial score (nSPS) is 21.8. The van der Waals surface area contributed by atoms with Crippen molar-refractivity contribution in [1.82, 2.24) is 9.80 Å². The number of ether oxygens (including phenoxy) is 1. The highest BCUT2D eigenvalue weighted by atomic mass is 19.4. The van der Waals surface area contributed by atoms with Crippen LogP contribution in [0.4, 0.5) is 31.1 Å². The molecule has 12 heteroatoms. The van der Waals surface area contributed by atoms with Crippen LogP contribution >= 0.6 is 0 Å². The minimum Gasteiger partial charge on any atom is -0.481 e. The van der Waals surface area contributed by atoms with Crippen LogP contribution in [-0.2, 0) is 21.5 Å². The van der Waals surface area contributed by atoms with E-state index in [0.717, 1.165) is 53.8 Å². The fraction of sp³-hybridized carbons (Fsp3) is 0.692. The van der Waals surface area contributed by atoms with E-state index in [2.05, 4.69) is 9.64 Å². The Morgan fingerprint density at radius 1 is 0.921 bits per heavy atom. The fourth-order valence-corrected chi connectivity index (χ4v) is 6.46. The molecule has 0 bridgehead atoms. The van der Waals surface area contributed by atoms with Crippen LogP contribution in [0.15, 0.2) is 18.2 Å². The molecule has 0 radical (unpaired) electrons. The Hall–Kier alpha value is -2.50. The van der Waals surface area contributed by atoms with Crippen molar-refractivity contribution in [3.8, 4) is 0 Å². The van der Waals surface area contributed by atoms with Crippen LogP contribution in [0.5, 0.6) is 0 Å². The summed E-state index contributed by atoms with van der Waals surface area (Å²) >= 11 is 0. The molecule has 2 heterocycles. The fourth-order valence-electron chi connectivity index (χ4n) is 6.46. The monoisotopic (exact) mass is 550 g/mol. The van der Waals surface area contributed by atoms with Crippen molar-refractivity contribution in [3.05, 3.63) is 34.9 Å². The lowest BCUT2D eigenvalue weighted by molar-refractivity contribution is -0.308. The van der Waals surface area contributed by atoms with E-state index in [-0.39, 0.29) is 18.6 Å². The Bertz CT molecular complexity index is 1030. The van der Waals surface area contributed by atoms with Gasteiger partial charge in [-0.05, 0) is 63.1 Å². The number of carboxylic acid groups (broad SMARTS) is 1. The van der Waals surface area contributed by atoms with E-state index in [9.17, 15) is 41.0 Å². The van der Waals surface area contributed by atoms with Gasteiger partial charge in [0.05, 0.1) is 5.41 Å². The molecule has 1 aliphatic carbocycles. The zero-order chi connectivity index (χ0) is 27.9. The van der Waals surface area contributed by atoms with Gasteiger partial charge in [0.25, 0.3) is 6.10 Å². The van der Waals surface area contributed by atoms with Crippen LogP contribution < -0.4 is 0 Å². The molecule has 0 aromatic heterocycles. The van der Waals surface area contributed by atoms with Crippen molar-refractivity contribution in [3.63, 3.8) is 0 Å². The second-order valence-electron chi connectivity index (χ2n) is 10.9. The second kappa shape index (κ2) is 10.2. The molecule has 6 nitrogen and oxygen atoms in total. The summed E-state index contributed by atoms with van der Waals surface area (Å²) in [4.78, 5) is 27.6. The van der Waals surface area contributed by atoms with Gasteiger partial charge in [0.2, 0.25) is 0 Å². The maximum Gasteiger partial charge on any atom is 0.434 e. The predicted molar refractivity (Wildman–Crippen MR) is 125 cm³/mol. The van der Waals surface area contributed by atoms with Gasteiger partial charge in [-0.2, -0.15) is 26.3 Å². The molecular formula is C26H32F6N2O4. The molecule has 1 saturated carbocycles. The maximum absolute atomic E-state index is 12.8. The highest BCUT2D eigenvalue weighted by molar-refractivity contribution is 5.82. The Labute approximate surface area is 216 Å². The molecular weight excluding hydrogens is 518 g/mol. The lowest BCUT2D eigenvalue weighted by atomic mass is 9.77. The topological polar surface area (TPSA) is 70.1 Å². The summed E-state index contributed by atoms with van der Waals surface area (Å²) < 4.78 is 80.7. The zero-order valence-corrected chi connectivity index (χ0v) is 21.1. The van der Waals surface area contributed by atoms with Gasteiger partial charge in [0, 0.05) is 25.2 Å². The van der Waals surface area contributed by atoms with Gasteiger partial charge < -0.3 is 14.7 Å². The Morgan fingerprint density at radius 3 is 2.08 bits per heavy atom. The molecule has 212 valence electrons. The third-order valence-corrected chi connectivity index (χ3v) is 8.44. The number of aliphatic carboxylic acids is 1. The van der Waals surface area contributed by atoms with Gasteiger partial charge in [-0.3, -0.25) is 9.69 Å². The van der Waals surface area contributed by atoms with Crippen molar-refractivity contribution in [2.45, 2.75) is 94.2 Å².